The largest absolute Gasteiger partial charge is 0.379 e. The van der Waals surface area contributed by atoms with E-state index in [0.29, 0.717) is 45.9 Å². The first-order chi connectivity index (χ1) is 8.66. The maximum absolute atomic E-state index is 11.0. The van der Waals surface area contributed by atoms with Crippen molar-refractivity contribution in [3.63, 3.8) is 0 Å². The number of ether oxygens (including phenoxy) is 3. The van der Waals surface area contributed by atoms with Gasteiger partial charge in [-0.05, 0) is 14.1 Å². The minimum absolute atomic E-state index is 0.241. The van der Waals surface area contributed by atoms with E-state index in [4.69, 9.17) is 14.2 Å². The van der Waals surface area contributed by atoms with Crippen molar-refractivity contribution in [1.82, 2.24) is 4.90 Å². The maximum Gasteiger partial charge on any atom is 0.134 e. The van der Waals surface area contributed by atoms with Gasteiger partial charge in [0.25, 0.3) is 0 Å². The van der Waals surface area contributed by atoms with Gasteiger partial charge >= 0.3 is 0 Å². The number of ketones is 1. The highest BCUT2D eigenvalue weighted by molar-refractivity contribution is 5.78. The molecule has 0 heterocycles. The van der Waals surface area contributed by atoms with Crippen LogP contribution in [0.5, 0.6) is 0 Å². The van der Waals surface area contributed by atoms with Gasteiger partial charge in [-0.25, -0.2) is 0 Å². The zero-order valence-corrected chi connectivity index (χ0v) is 11.9. The smallest absolute Gasteiger partial charge is 0.134 e. The third-order valence-corrected chi connectivity index (χ3v) is 2.35. The van der Waals surface area contributed by atoms with Gasteiger partial charge in [0.05, 0.1) is 39.6 Å². The van der Waals surface area contributed by atoms with Gasteiger partial charge in [0.15, 0.2) is 0 Å². The lowest BCUT2D eigenvalue weighted by Crippen LogP contribution is -2.19. The van der Waals surface area contributed by atoms with Gasteiger partial charge in [-0.3, -0.25) is 4.79 Å². The average Bonchev–Trinajstić information content (AvgIpc) is 2.35. The number of likely N-dealkylation sites (N-methyl/N-ethyl adjacent to an activating group) is 1. The monoisotopic (exact) mass is 261 g/mol. The van der Waals surface area contributed by atoms with Crippen LogP contribution in [0.4, 0.5) is 0 Å². The van der Waals surface area contributed by atoms with Gasteiger partial charge in [-0.15, -0.1) is 0 Å². The molecule has 0 fully saturated rings. The molecule has 108 valence electrons. The molecule has 0 saturated heterocycles. The minimum atomic E-state index is 0.241. The first-order valence-corrected chi connectivity index (χ1v) is 6.56. The summed E-state index contributed by atoms with van der Waals surface area (Å²) < 4.78 is 16.0. The Hall–Kier alpha value is -0.490. The highest BCUT2D eigenvalue weighted by Gasteiger charge is 1.97. The summed E-state index contributed by atoms with van der Waals surface area (Å²) in [6, 6.07) is 0. The molecule has 0 rings (SSSR count). The Morgan fingerprint density at radius 2 is 1.39 bits per heavy atom. The fourth-order valence-corrected chi connectivity index (χ4v) is 1.15. The van der Waals surface area contributed by atoms with E-state index < -0.39 is 0 Å². The fraction of sp³-hybridized carbons (Fsp3) is 0.923. The molecule has 0 amide bonds. The Morgan fingerprint density at radius 3 is 1.89 bits per heavy atom. The van der Waals surface area contributed by atoms with Crippen molar-refractivity contribution in [1.29, 1.82) is 0 Å². The van der Waals surface area contributed by atoms with E-state index in [1.54, 1.807) is 0 Å². The van der Waals surface area contributed by atoms with E-state index >= 15 is 0 Å². The average molecular weight is 261 g/mol. The Balaban J connectivity index is 3.01. The molecular weight excluding hydrogens is 234 g/mol. The summed E-state index contributed by atoms with van der Waals surface area (Å²) in [4.78, 5) is 13.0. The third-order valence-electron chi connectivity index (χ3n) is 2.35. The first kappa shape index (κ1) is 17.5. The standard InChI is InChI=1S/C13H27NO4/c1-4-13(15)5-7-16-9-11-18-12-10-17-8-6-14(2)3/h4-12H2,1-3H3. The number of hydrogen-bond donors (Lipinski definition) is 0. The molecule has 0 unspecified atom stereocenters. The molecule has 0 radical (unpaired) electrons. The molecule has 0 aromatic rings. The van der Waals surface area contributed by atoms with Crippen molar-refractivity contribution in [3.05, 3.63) is 0 Å². The van der Waals surface area contributed by atoms with E-state index in [1.165, 1.54) is 0 Å². The topological polar surface area (TPSA) is 48.0 Å². The van der Waals surface area contributed by atoms with Crippen molar-refractivity contribution in [2.24, 2.45) is 0 Å². The van der Waals surface area contributed by atoms with Crippen LogP contribution in [-0.4, -0.2) is 71.0 Å². The van der Waals surface area contributed by atoms with E-state index in [0.717, 1.165) is 13.2 Å². The summed E-state index contributed by atoms with van der Waals surface area (Å²) in [6.07, 6.45) is 1.09. The molecular formula is C13H27NO4. The highest BCUT2D eigenvalue weighted by Crippen LogP contribution is 1.90. The van der Waals surface area contributed by atoms with E-state index in [-0.39, 0.29) is 5.78 Å². The second-order valence-electron chi connectivity index (χ2n) is 4.28. The molecule has 0 aromatic carbocycles. The quantitative estimate of drug-likeness (QED) is 0.462. The number of Topliss-reactive ketones (excluding diaryl/α,β-unsaturated/α-hetero) is 1. The summed E-state index contributed by atoms with van der Waals surface area (Å²) in [5.41, 5.74) is 0. The summed E-state index contributed by atoms with van der Waals surface area (Å²) in [6.45, 7) is 6.30. The van der Waals surface area contributed by atoms with Gasteiger partial charge in [0.2, 0.25) is 0 Å². The Kier molecular flexibility index (Phi) is 12.6. The molecule has 0 aliphatic heterocycles. The lowest BCUT2D eigenvalue weighted by atomic mass is 10.2. The Morgan fingerprint density at radius 1 is 0.889 bits per heavy atom. The van der Waals surface area contributed by atoms with Crippen molar-refractivity contribution in [2.45, 2.75) is 19.8 Å². The molecule has 0 aliphatic rings. The fourth-order valence-electron chi connectivity index (χ4n) is 1.15. The number of nitrogens with zero attached hydrogens (tertiary/aromatic N) is 1. The molecule has 0 atom stereocenters. The van der Waals surface area contributed by atoms with Crippen LogP contribution in [0.15, 0.2) is 0 Å². The second kappa shape index (κ2) is 13.0. The van der Waals surface area contributed by atoms with Crippen molar-refractivity contribution in [3.8, 4) is 0 Å². The lowest BCUT2D eigenvalue weighted by Gasteiger charge is -2.10. The predicted octanol–water partition coefficient (Wildman–Crippen LogP) is 0.967. The summed E-state index contributed by atoms with van der Waals surface area (Å²) in [5.74, 6) is 0.241. The number of hydrogen-bond acceptors (Lipinski definition) is 5. The Labute approximate surface area is 110 Å². The molecule has 0 saturated carbocycles. The van der Waals surface area contributed by atoms with Gasteiger partial charge in [-0.2, -0.15) is 0 Å². The van der Waals surface area contributed by atoms with Gasteiger partial charge in [0.1, 0.15) is 5.78 Å². The van der Waals surface area contributed by atoms with Crippen molar-refractivity contribution in [2.75, 3.05) is 60.3 Å². The number of carbonyl (C=O) groups is 1. The predicted molar refractivity (Wildman–Crippen MR) is 70.9 cm³/mol. The normalized spacial score (nSPS) is 11.1. The molecule has 0 N–H and O–H groups in total. The van der Waals surface area contributed by atoms with E-state index in [2.05, 4.69) is 4.90 Å². The van der Waals surface area contributed by atoms with Gasteiger partial charge in [0, 0.05) is 19.4 Å². The number of carbonyl (C=O) groups excluding carboxylic acids is 1. The van der Waals surface area contributed by atoms with Gasteiger partial charge in [-0.1, -0.05) is 6.92 Å². The van der Waals surface area contributed by atoms with E-state index in [1.807, 2.05) is 21.0 Å². The van der Waals surface area contributed by atoms with Crippen LogP contribution in [-0.2, 0) is 19.0 Å². The molecule has 0 spiro atoms. The van der Waals surface area contributed by atoms with Crippen LogP contribution in [0.2, 0.25) is 0 Å². The first-order valence-electron chi connectivity index (χ1n) is 6.56. The molecule has 0 bridgehead atoms. The third kappa shape index (κ3) is 13.6. The van der Waals surface area contributed by atoms with Gasteiger partial charge < -0.3 is 19.1 Å². The Bertz CT molecular complexity index is 197. The highest BCUT2D eigenvalue weighted by atomic mass is 16.5. The SMILES string of the molecule is CCC(=O)CCOCCOCCOCCN(C)C. The molecule has 5 nitrogen and oxygen atoms in total. The molecule has 0 aliphatic carbocycles. The zero-order chi connectivity index (χ0) is 13.6. The van der Waals surface area contributed by atoms with Crippen LogP contribution < -0.4 is 0 Å². The summed E-state index contributed by atoms with van der Waals surface area (Å²) in [7, 11) is 4.03. The van der Waals surface area contributed by atoms with Crippen molar-refractivity contribution >= 4 is 5.78 Å². The molecule has 18 heavy (non-hydrogen) atoms. The van der Waals surface area contributed by atoms with E-state index in [9.17, 15) is 4.79 Å². The second-order valence-corrected chi connectivity index (χ2v) is 4.28. The van der Waals surface area contributed by atoms with Crippen molar-refractivity contribution < 1.29 is 19.0 Å². The van der Waals surface area contributed by atoms with Crippen LogP contribution >= 0.6 is 0 Å². The van der Waals surface area contributed by atoms with Crippen LogP contribution in [0.1, 0.15) is 19.8 Å². The molecule has 5 heteroatoms. The van der Waals surface area contributed by atoms with Crippen LogP contribution in [0.3, 0.4) is 0 Å². The minimum Gasteiger partial charge on any atom is -0.379 e. The maximum atomic E-state index is 11.0. The molecule has 0 aromatic heterocycles. The summed E-state index contributed by atoms with van der Waals surface area (Å²) >= 11 is 0. The lowest BCUT2D eigenvalue weighted by molar-refractivity contribution is -0.119. The summed E-state index contributed by atoms with van der Waals surface area (Å²) in [5, 5.41) is 0. The van der Waals surface area contributed by atoms with Crippen LogP contribution in [0, 0.1) is 0 Å². The number of rotatable bonds is 13. The zero-order valence-electron chi connectivity index (χ0n) is 11.9. The van der Waals surface area contributed by atoms with Crippen LogP contribution in [0.25, 0.3) is 0 Å².